The molecule has 0 saturated carbocycles. The molecule has 2 nitrogen and oxygen atoms in total. The number of aromatic nitrogens is 2. The fourth-order valence-electron chi connectivity index (χ4n) is 2.24. The highest BCUT2D eigenvalue weighted by Gasteiger charge is 2.18. The molecule has 0 N–H and O–H groups in total. The van der Waals surface area contributed by atoms with E-state index in [0.29, 0.717) is 22.1 Å². The Balaban J connectivity index is 2.39. The van der Waals surface area contributed by atoms with E-state index in [0.717, 1.165) is 11.6 Å². The third-order valence-corrected chi connectivity index (χ3v) is 3.96. The molecule has 0 aliphatic carbocycles. The first-order chi connectivity index (χ1) is 10.0. The minimum atomic E-state index is -0.951. The van der Waals surface area contributed by atoms with E-state index in [-0.39, 0.29) is 11.4 Å². The van der Waals surface area contributed by atoms with Crippen molar-refractivity contribution in [1.29, 1.82) is 0 Å². The van der Waals surface area contributed by atoms with Gasteiger partial charge in [-0.1, -0.05) is 17.7 Å². The molecular formula is C15H10Cl2F2N2. The third kappa shape index (κ3) is 2.28. The van der Waals surface area contributed by atoms with Crippen molar-refractivity contribution in [1.82, 2.24) is 9.55 Å². The number of alkyl halides is 1. The van der Waals surface area contributed by atoms with Crippen molar-refractivity contribution in [2.24, 2.45) is 0 Å². The van der Waals surface area contributed by atoms with Crippen LogP contribution in [0.15, 0.2) is 30.3 Å². The smallest absolute Gasteiger partial charge is 0.185 e. The number of aryl methyl sites for hydroxylation is 1. The van der Waals surface area contributed by atoms with Crippen LogP contribution in [0.2, 0.25) is 5.02 Å². The molecule has 3 rings (SSSR count). The van der Waals surface area contributed by atoms with E-state index >= 15 is 0 Å². The largest absolute Gasteiger partial charge is 0.292 e. The maximum atomic E-state index is 14.2. The molecule has 1 heterocycles. The SMILES string of the molecule is Cc1ccc(-n2c(CCl)nc3ccc(F)c(F)c32)cc1Cl. The Morgan fingerprint density at radius 1 is 1.19 bits per heavy atom. The van der Waals surface area contributed by atoms with Gasteiger partial charge in [0.25, 0.3) is 0 Å². The molecule has 0 radical (unpaired) electrons. The topological polar surface area (TPSA) is 17.8 Å². The summed E-state index contributed by atoms with van der Waals surface area (Å²) in [6, 6.07) is 7.73. The Morgan fingerprint density at radius 2 is 1.95 bits per heavy atom. The lowest BCUT2D eigenvalue weighted by Gasteiger charge is -2.10. The quantitative estimate of drug-likeness (QED) is 0.605. The molecule has 6 heteroatoms. The van der Waals surface area contributed by atoms with Crippen molar-refractivity contribution in [2.45, 2.75) is 12.8 Å². The number of hydrogen-bond donors (Lipinski definition) is 0. The Hall–Kier alpha value is -1.65. The fraction of sp³-hybridized carbons (Fsp3) is 0.133. The molecule has 0 amide bonds. The van der Waals surface area contributed by atoms with Gasteiger partial charge in [-0.25, -0.2) is 13.8 Å². The van der Waals surface area contributed by atoms with E-state index in [1.54, 1.807) is 18.2 Å². The van der Waals surface area contributed by atoms with Crippen LogP contribution in [0.3, 0.4) is 0 Å². The van der Waals surface area contributed by atoms with Gasteiger partial charge in [-0.2, -0.15) is 0 Å². The van der Waals surface area contributed by atoms with Gasteiger partial charge < -0.3 is 0 Å². The van der Waals surface area contributed by atoms with Crippen LogP contribution in [0.1, 0.15) is 11.4 Å². The normalized spacial score (nSPS) is 11.3. The second-order valence-electron chi connectivity index (χ2n) is 4.66. The van der Waals surface area contributed by atoms with E-state index in [1.165, 1.54) is 10.6 Å². The lowest BCUT2D eigenvalue weighted by Crippen LogP contribution is -2.01. The summed E-state index contributed by atoms with van der Waals surface area (Å²) in [6.45, 7) is 1.86. The predicted molar refractivity (Wildman–Crippen MR) is 80.3 cm³/mol. The fourth-order valence-corrected chi connectivity index (χ4v) is 2.59. The Bertz CT molecular complexity index is 843. The highest BCUT2D eigenvalue weighted by Crippen LogP contribution is 2.28. The van der Waals surface area contributed by atoms with Crippen LogP contribution in [-0.4, -0.2) is 9.55 Å². The van der Waals surface area contributed by atoms with Crippen LogP contribution in [0.5, 0.6) is 0 Å². The highest BCUT2D eigenvalue weighted by molar-refractivity contribution is 6.31. The number of nitrogens with zero attached hydrogens (tertiary/aromatic N) is 2. The Labute approximate surface area is 129 Å². The van der Waals surface area contributed by atoms with Gasteiger partial charge in [0.2, 0.25) is 0 Å². The van der Waals surface area contributed by atoms with Crippen LogP contribution >= 0.6 is 23.2 Å². The number of hydrogen-bond acceptors (Lipinski definition) is 1. The molecular weight excluding hydrogens is 317 g/mol. The van der Waals surface area contributed by atoms with Crippen molar-refractivity contribution in [3.63, 3.8) is 0 Å². The average molecular weight is 327 g/mol. The maximum absolute atomic E-state index is 14.2. The first-order valence-corrected chi connectivity index (χ1v) is 7.12. The maximum Gasteiger partial charge on any atom is 0.185 e. The molecule has 0 bridgehead atoms. The van der Waals surface area contributed by atoms with Crippen LogP contribution in [-0.2, 0) is 5.88 Å². The molecule has 0 saturated heterocycles. The minimum Gasteiger partial charge on any atom is -0.292 e. The summed E-state index contributed by atoms with van der Waals surface area (Å²) in [6.07, 6.45) is 0. The molecule has 2 aromatic carbocycles. The first kappa shape index (κ1) is 14.3. The van der Waals surface area contributed by atoms with Crippen molar-refractivity contribution in [3.05, 3.63) is 58.4 Å². The number of imidazole rings is 1. The van der Waals surface area contributed by atoms with Crippen molar-refractivity contribution in [3.8, 4) is 5.69 Å². The monoisotopic (exact) mass is 326 g/mol. The van der Waals surface area contributed by atoms with E-state index in [2.05, 4.69) is 4.98 Å². The Kier molecular flexibility index (Phi) is 3.59. The van der Waals surface area contributed by atoms with E-state index in [9.17, 15) is 8.78 Å². The summed E-state index contributed by atoms with van der Waals surface area (Å²) >= 11 is 12.0. The van der Waals surface area contributed by atoms with Crippen molar-refractivity contribution in [2.75, 3.05) is 0 Å². The summed E-state index contributed by atoms with van der Waals surface area (Å²) in [4.78, 5) is 4.24. The lowest BCUT2D eigenvalue weighted by atomic mass is 10.2. The van der Waals surface area contributed by atoms with Crippen molar-refractivity contribution >= 4 is 34.2 Å². The molecule has 1 aromatic heterocycles. The molecule has 0 fully saturated rings. The zero-order chi connectivity index (χ0) is 15.1. The molecule has 3 aromatic rings. The molecule has 108 valence electrons. The summed E-state index contributed by atoms with van der Waals surface area (Å²) in [5, 5.41) is 0.534. The highest BCUT2D eigenvalue weighted by atomic mass is 35.5. The average Bonchev–Trinajstić information content (AvgIpc) is 2.85. The molecule has 21 heavy (non-hydrogen) atoms. The lowest BCUT2D eigenvalue weighted by molar-refractivity contribution is 0.514. The molecule has 0 aliphatic heterocycles. The zero-order valence-electron chi connectivity index (χ0n) is 11.0. The molecule has 0 unspecified atom stereocenters. The van der Waals surface area contributed by atoms with E-state index < -0.39 is 11.6 Å². The number of rotatable bonds is 2. The van der Waals surface area contributed by atoms with Gasteiger partial charge in [-0.15, -0.1) is 11.6 Å². The van der Waals surface area contributed by atoms with Crippen LogP contribution < -0.4 is 0 Å². The van der Waals surface area contributed by atoms with E-state index in [4.69, 9.17) is 23.2 Å². The standard InChI is InChI=1S/C15H10Cl2F2N2/c1-8-2-3-9(6-10(8)17)21-13(7-16)20-12-5-4-11(18)14(19)15(12)21/h2-6H,7H2,1H3. The van der Waals surface area contributed by atoms with Crippen LogP contribution in [0, 0.1) is 18.6 Å². The number of fused-ring (bicyclic) bond motifs is 1. The van der Waals surface area contributed by atoms with Crippen LogP contribution in [0.4, 0.5) is 8.78 Å². The van der Waals surface area contributed by atoms with Gasteiger partial charge in [0, 0.05) is 10.7 Å². The van der Waals surface area contributed by atoms with Gasteiger partial charge in [-0.05, 0) is 36.8 Å². The van der Waals surface area contributed by atoms with Crippen LogP contribution in [0.25, 0.3) is 16.7 Å². The second-order valence-corrected chi connectivity index (χ2v) is 5.33. The molecule has 0 atom stereocenters. The molecule has 0 aliphatic rings. The van der Waals surface area contributed by atoms with Gasteiger partial charge in [0.15, 0.2) is 11.6 Å². The first-order valence-electron chi connectivity index (χ1n) is 6.20. The van der Waals surface area contributed by atoms with Gasteiger partial charge in [0.05, 0.1) is 11.4 Å². The minimum absolute atomic E-state index is 0.0607. The summed E-state index contributed by atoms with van der Waals surface area (Å²) in [5.41, 5.74) is 1.89. The summed E-state index contributed by atoms with van der Waals surface area (Å²) in [7, 11) is 0. The van der Waals surface area contributed by atoms with E-state index in [1.807, 2.05) is 6.92 Å². The van der Waals surface area contributed by atoms with Crippen molar-refractivity contribution < 1.29 is 8.78 Å². The number of halogens is 4. The zero-order valence-corrected chi connectivity index (χ0v) is 12.5. The number of benzene rings is 2. The van der Waals surface area contributed by atoms with Gasteiger partial charge in [0.1, 0.15) is 11.3 Å². The van der Waals surface area contributed by atoms with Gasteiger partial charge >= 0.3 is 0 Å². The second kappa shape index (κ2) is 5.28. The third-order valence-electron chi connectivity index (χ3n) is 3.31. The Morgan fingerprint density at radius 3 is 2.62 bits per heavy atom. The predicted octanol–water partition coefficient (Wildman–Crippen LogP) is 5.00. The van der Waals surface area contributed by atoms with Gasteiger partial charge in [-0.3, -0.25) is 4.57 Å². The summed E-state index contributed by atoms with van der Waals surface area (Å²) < 4.78 is 29.2. The summed E-state index contributed by atoms with van der Waals surface area (Å²) in [5.74, 6) is -1.38. The molecule has 0 spiro atoms.